The first kappa shape index (κ1) is 29.8. The summed E-state index contributed by atoms with van der Waals surface area (Å²) in [6.07, 6.45) is 1.25. The van der Waals surface area contributed by atoms with Gasteiger partial charge in [-0.1, -0.05) is 57.3 Å². The summed E-state index contributed by atoms with van der Waals surface area (Å²) in [5, 5.41) is 1.53. The van der Waals surface area contributed by atoms with Gasteiger partial charge in [-0.3, -0.25) is 4.90 Å². The molecule has 0 amide bonds. The van der Waals surface area contributed by atoms with E-state index >= 15 is 0 Å². The van der Waals surface area contributed by atoms with Crippen molar-refractivity contribution in [3.05, 3.63) is 33.3 Å². The number of rotatable bonds is 2. The summed E-state index contributed by atoms with van der Waals surface area (Å²) in [6, 6.07) is 4.06. The number of halogens is 2. The van der Waals surface area contributed by atoms with Gasteiger partial charge >= 0.3 is 0 Å². The molecule has 1 aliphatic heterocycles. The van der Waals surface area contributed by atoms with Crippen molar-refractivity contribution in [1.29, 1.82) is 0 Å². The molecule has 152 valence electrons. The van der Waals surface area contributed by atoms with E-state index in [1.165, 1.54) is 12.0 Å². The summed E-state index contributed by atoms with van der Waals surface area (Å²) in [5.74, 6) is 0. The summed E-state index contributed by atoms with van der Waals surface area (Å²) in [5.41, 5.74) is 2.17. The molecule has 2 rings (SSSR count). The Morgan fingerprint density at radius 1 is 0.923 bits per heavy atom. The first-order chi connectivity index (χ1) is 12.5. The van der Waals surface area contributed by atoms with Gasteiger partial charge in [-0.25, -0.2) is 0 Å². The molecular formula is C20H36Cl2N2O2. The lowest BCUT2D eigenvalue weighted by Crippen LogP contribution is -2.43. The fourth-order valence-electron chi connectivity index (χ4n) is 2.05. The first-order valence-corrected chi connectivity index (χ1v) is 9.66. The van der Waals surface area contributed by atoms with E-state index in [1.54, 1.807) is 0 Å². The molecule has 0 radical (unpaired) electrons. The lowest BCUT2D eigenvalue weighted by Gasteiger charge is -2.32. The maximum atomic E-state index is 8.00. The maximum absolute atomic E-state index is 8.00. The highest BCUT2D eigenvalue weighted by Crippen LogP contribution is 2.26. The number of piperazine rings is 1. The van der Waals surface area contributed by atoms with Crippen molar-refractivity contribution in [3.8, 4) is 0 Å². The number of likely N-dealkylation sites (N-methyl/N-ethyl adjacent to an activating group) is 1. The number of hydrogen-bond acceptors (Lipinski definition) is 4. The van der Waals surface area contributed by atoms with Crippen LogP contribution in [0.2, 0.25) is 10.0 Å². The number of benzene rings is 1. The molecular weight excluding hydrogens is 371 g/mol. The van der Waals surface area contributed by atoms with Gasteiger partial charge in [0.25, 0.3) is 0 Å². The minimum atomic E-state index is 0.765. The summed E-state index contributed by atoms with van der Waals surface area (Å²) in [6.45, 7) is 19.6. The van der Waals surface area contributed by atoms with Crippen LogP contribution in [-0.4, -0.2) is 56.6 Å². The second-order valence-electron chi connectivity index (χ2n) is 5.47. The van der Waals surface area contributed by atoms with Crippen molar-refractivity contribution < 1.29 is 9.59 Å². The lowest BCUT2D eigenvalue weighted by molar-refractivity contribution is -0.0987. The zero-order chi connectivity index (χ0) is 21.1. The summed E-state index contributed by atoms with van der Waals surface area (Å²) in [4.78, 5) is 20.8. The molecule has 0 aliphatic carbocycles. The molecule has 1 aliphatic rings. The molecule has 1 saturated heterocycles. The van der Waals surface area contributed by atoms with Gasteiger partial charge in [0.05, 0.1) is 0 Å². The van der Waals surface area contributed by atoms with Crippen molar-refractivity contribution in [2.45, 2.75) is 47.6 Å². The van der Waals surface area contributed by atoms with Crippen LogP contribution in [0.4, 0.5) is 0 Å². The molecule has 4 nitrogen and oxygen atoms in total. The highest BCUT2D eigenvalue weighted by Gasteiger charge is 2.14. The van der Waals surface area contributed by atoms with Crippen molar-refractivity contribution in [3.63, 3.8) is 0 Å². The molecule has 0 saturated carbocycles. The number of hydrogen-bond donors (Lipinski definition) is 0. The van der Waals surface area contributed by atoms with E-state index in [0.29, 0.717) is 0 Å². The van der Waals surface area contributed by atoms with Crippen LogP contribution >= 0.6 is 23.2 Å². The third kappa shape index (κ3) is 13.3. The van der Waals surface area contributed by atoms with Gasteiger partial charge in [0.2, 0.25) is 0 Å². The molecule has 0 N–H and O–H groups in total. The Bertz CT molecular complexity index is 426. The predicted octanol–water partition coefficient (Wildman–Crippen LogP) is 5.12. The Morgan fingerprint density at radius 3 is 1.62 bits per heavy atom. The van der Waals surface area contributed by atoms with Gasteiger partial charge in [0, 0.05) is 42.8 Å². The van der Waals surface area contributed by atoms with Gasteiger partial charge in [-0.05, 0) is 37.2 Å². The summed E-state index contributed by atoms with van der Waals surface area (Å²) < 4.78 is 0. The second-order valence-corrected chi connectivity index (χ2v) is 6.29. The zero-order valence-corrected chi connectivity index (χ0v) is 18.8. The number of nitrogens with zero attached hydrogens (tertiary/aromatic N) is 2. The molecule has 1 aromatic rings. The van der Waals surface area contributed by atoms with Gasteiger partial charge in [0.15, 0.2) is 0 Å². The Balaban J connectivity index is -0.000000509. The van der Waals surface area contributed by atoms with Crippen molar-refractivity contribution in [2.24, 2.45) is 0 Å². The van der Waals surface area contributed by atoms with E-state index in [-0.39, 0.29) is 0 Å². The van der Waals surface area contributed by atoms with Crippen LogP contribution in [0, 0.1) is 6.92 Å². The van der Waals surface area contributed by atoms with Crippen molar-refractivity contribution in [1.82, 2.24) is 9.80 Å². The largest absolute Gasteiger partial charge is 0.307 e. The van der Waals surface area contributed by atoms with Crippen molar-refractivity contribution in [2.75, 3.05) is 33.2 Å². The molecule has 0 aromatic heterocycles. The summed E-state index contributed by atoms with van der Waals surface area (Å²) in [7, 11) is 2.16. The van der Waals surface area contributed by atoms with Crippen LogP contribution in [0.15, 0.2) is 12.1 Å². The Hall–Kier alpha value is -0.940. The Labute approximate surface area is 170 Å². The van der Waals surface area contributed by atoms with Gasteiger partial charge in [-0.2, -0.15) is 0 Å². The average molecular weight is 407 g/mol. The monoisotopic (exact) mass is 406 g/mol. The van der Waals surface area contributed by atoms with Gasteiger partial charge in [0.1, 0.15) is 13.6 Å². The Morgan fingerprint density at radius 2 is 1.27 bits per heavy atom. The zero-order valence-electron chi connectivity index (χ0n) is 17.3. The van der Waals surface area contributed by atoms with Gasteiger partial charge < -0.3 is 14.5 Å². The van der Waals surface area contributed by atoms with E-state index in [4.69, 9.17) is 32.8 Å². The normalized spacial score (nSPS) is 13.4. The SMILES string of the molecule is C=O.C=O.CC.CCC.Cc1c(Cl)cc(CN2CCN(C)CC2)cc1Cl. The highest BCUT2D eigenvalue weighted by molar-refractivity contribution is 6.36. The average Bonchev–Trinajstić information content (AvgIpc) is 2.67. The third-order valence-corrected chi connectivity index (χ3v) is 4.13. The van der Waals surface area contributed by atoms with Crippen LogP contribution in [0.5, 0.6) is 0 Å². The van der Waals surface area contributed by atoms with E-state index in [0.717, 1.165) is 48.3 Å². The lowest BCUT2D eigenvalue weighted by atomic mass is 10.1. The molecule has 1 aromatic carbocycles. The molecule has 0 atom stereocenters. The molecule has 1 fully saturated rings. The fourth-order valence-corrected chi connectivity index (χ4v) is 2.59. The minimum Gasteiger partial charge on any atom is -0.307 e. The van der Waals surface area contributed by atoms with Crippen LogP contribution in [0.25, 0.3) is 0 Å². The van der Waals surface area contributed by atoms with Crippen LogP contribution < -0.4 is 0 Å². The number of carbonyl (C=O) groups is 2. The van der Waals surface area contributed by atoms with Gasteiger partial charge in [-0.15, -0.1) is 0 Å². The van der Waals surface area contributed by atoms with E-state index < -0.39 is 0 Å². The number of carbonyl (C=O) groups excluding carboxylic acids is 2. The predicted molar refractivity (Wildman–Crippen MR) is 116 cm³/mol. The molecule has 1 heterocycles. The quantitative estimate of drug-likeness (QED) is 0.682. The molecule has 0 unspecified atom stereocenters. The van der Waals surface area contributed by atoms with Crippen LogP contribution in [-0.2, 0) is 16.1 Å². The highest BCUT2D eigenvalue weighted by atomic mass is 35.5. The Kier molecular flexibility index (Phi) is 23.4. The molecule has 0 bridgehead atoms. The first-order valence-electron chi connectivity index (χ1n) is 8.91. The van der Waals surface area contributed by atoms with E-state index in [9.17, 15) is 0 Å². The second kappa shape index (κ2) is 20.4. The smallest absolute Gasteiger partial charge is 0.106 e. The van der Waals surface area contributed by atoms with Crippen molar-refractivity contribution >= 4 is 36.8 Å². The maximum Gasteiger partial charge on any atom is 0.106 e. The van der Waals surface area contributed by atoms with E-state index in [2.05, 4.69) is 30.7 Å². The minimum absolute atomic E-state index is 0.765. The van der Waals surface area contributed by atoms with Crippen LogP contribution in [0.3, 0.4) is 0 Å². The molecule has 0 spiro atoms. The van der Waals surface area contributed by atoms with E-state index in [1.807, 2.05) is 46.5 Å². The summed E-state index contributed by atoms with van der Waals surface area (Å²) >= 11 is 12.3. The molecule has 6 heteroatoms. The standard InChI is InChI=1S/C13H18Cl2N2.C3H8.C2H6.2CH2O/c1-10-12(14)7-11(8-13(10)15)9-17-5-3-16(2)4-6-17;1-3-2;3*1-2/h7-8H,3-6,9H2,1-2H3;3H2,1-2H3;1-2H3;2*1H2. The third-order valence-electron chi connectivity index (χ3n) is 3.34. The molecule has 26 heavy (non-hydrogen) atoms. The fraction of sp³-hybridized carbons (Fsp3) is 0.600. The topological polar surface area (TPSA) is 40.6 Å². The van der Waals surface area contributed by atoms with Crippen LogP contribution in [0.1, 0.15) is 45.2 Å².